The Balaban J connectivity index is 2.18. The van der Waals surface area contributed by atoms with Crippen molar-refractivity contribution in [2.75, 3.05) is 5.32 Å². The molecule has 1 heterocycles. The highest BCUT2D eigenvalue weighted by Crippen LogP contribution is 2.34. The van der Waals surface area contributed by atoms with Crippen LogP contribution < -0.4 is 5.32 Å². The van der Waals surface area contributed by atoms with Gasteiger partial charge in [0.25, 0.3) is 5.69 Å². The summed E-state index contributed by atoms with van der Waals surface area (Å²) in [5.41, 5.74) is 0.954. The molecule has 1 aromatic carbocycles. The molecule has 6 nitrogen and oxygen atoms in total. The van der Waals surface area contributed by atoms with Gasteiger partial charge < -0.3 is 9.84 Å². The summed E-state index contributed by atoms with van der Waals surface area (Å²) in [5.74, 6) is 0.692. The van der Waals surface area contributed by atoms with Gasteiger partial charge in [0.1, 0.15) is 11.5 Å². The predicted molar refractivity (Wildman–Crippen MR) is 71.7 cm³/mol. The van der Waals surface area contributed by atoms with Crippen LogP contribution in [0.2, 0.25) is 10.0 Å². The molecule has 0 aliphatic rings. The fraction of sp³-hybridized carbons (Fsp3) is 0.182. The van der Waals surface area contributed by atoms with E-state index < -0.39 is 4.92 Å². The minimum Gasteiger partial charge on any atom is -0.377 e. The summed E-state index contributed by atoms with van der Waals surface area (Å²) in [5, 5.41) is 17.8. The molecular weight excluding hydrogens is 293 g/mol. The normalized spacial score (nSPS) is 10.5. The van der Waals surface area contributed by atoms with Gasteiger partial charge in [-0.2, -0.15) is 0 Å². The highest BCUT2D eigenvalue weighted by Gasteiger charge is 2.14. The molecule has 0 aliphatic heterocycles. The molecule has 1 aromatic heterocycles. The highest BCUT2D eigenvalue weighted by atomic mass is 35.5. The van der Waals surface area contributed by atoms with Crippen LogP contribution in [0.5, 0.6) is 0 Å². The van der Waals surface area contributed by atoms with Crippen molar-refractivity contribution in [2.45, 2.75) is 13.5 Å². The lowest BCUT2D eigenvalue weighted by molar-refractivity contribution is -0.384. The Morgan fingerprint density at radius 1 is 1.37 bits per heavy atom. The molecule has 8 heteroatoms. The number of benzene rings is 1. The van der Waals surface area contributed by atoms with Gasteiger partial charge in [0, 0.05) is 18.2 Å². The Hall–Kier alpha value is -1.79. The lowest BCUT2D eigenvalue weighted by Crippen LogP contribution is -2.01. The van der Waals surface area contributed by atoms with Crippen molar-refractivity contribution in [1.82, 2.24) is 5.16 Å². The highest BCUT2D eigenvalue weighted by molar-refractivity contribution is 6.39. The van der Waals surface area contributed by atoms with E-state index in [-0.39, 0.29) is 15.7 Å². The number of hydrogen-bond acceptors (Lipinski definition) is 5. The van der Waals surface area contributed by atoms with Crippen molar-refractivity contribution in [3.8, 4) is 0 Å². The summed E-state index contributed by atoms with van der Waals surface area (Å²) < 4.78 is 4.92. The van der Waals surface area contributed by atoms with Crippen LogP contribution in [0.3, 0.4) is 0 Å². The maximum atomic E-state index is 10.6. The summed E-state index contributed by atoms with van der Waals surface area (Å²) in [4.78, 5) is 10.1. The van der Waals surface area contributed by atoms with E-state index in [9.17, 15) is 10.1 Å². The number of aryl methyl sites for hydroxylation is 1. The zero-order valence-corrected chi connectivity index (χ0v) is 11.3. The second-order valence-corrected chi connectivity index (χ2v) is 4.64. The van der Waals surface area contributed by atoms with Crippen molar-refractivity contribution in [2.24, 2.45) is 0 Å². The first-order valence-corrected chi connectivity index (χ1v) is 6.02. The quantitative estimate of drug-likeness (QED) is 0.686. The van der Waals surface area contributed by atoms with Crippen LogP contribution >= 0.6 is 23.2 Å². The molecule has 0 aliphatic carbocycles. The second kappa shape index (κ2) is 5.46. The number of nitro groups is 1. The number of aromatic nitrogens is 1. The summed E-state index contributed by atoms with van der Waals surface area (Å²) in [6, 6.07) is 4.24. The Kier molecular flexibility index (Phi) is 3.92. The number of nitrogens with zero attached hydrogens (tertiary/aromatic N) is 2. The molecular formula is C11H9Cl2N3O3. The zero-order valence-electron chi connectivity index (χ0n) is 9.81. The summed E-state index contributed by atoms with van der Waals surface area (Å²) >= 11 is 11.9. The lowest BCUT2D eigenvalue weighted by Gasteiger charge is -2.08. The van der Waals surface area contributed by atoms with E-state index in [4.69, 9.17) is 27.7 Å². The molecule has 1 N–H and O–H groups in total. The number of halogens is 2. The van der Waals surface area contributed by atoms with Crippen LogP contribution in [0.1, 0.15) is 11.5 Å². The largest absolute Gasteiger partial charge is 0.377 e. The first-order valence-electron chi connectivity index (χ1n) is 5.27. The molecule has 2 rings (SSSR count). The third-order valence-corrected chi connectivity index (χ3v) is 2.96. The van der Waals surface area contributed by atoms with Crippen LogP contribution in [0.25, 0.3) is 0 Å². The average molecular weight is 302 g/mol. The fourth-order valence-electron chi connectivity index (χ4n) is 1.51. The maximum Gasteiger partial charge on any atom is 0.272 e. The number of non-ortho nitro benzene ring substituents is 1. The van der Waals surface area contributed by atoms with Crippen LogP contribution in [-0.2, 0) is 6.54 Å². The number of hydrogen-bond donors (Lipinski definition) is 1. The number of anilines is 1. The van der Waals surface area contributed by atoms with E-state index in [1.165, 1.54) is 12.1 Å². The van der Waals surface area contributed by atoms with Crippen LogP contribution in [0.15, 0.2) is 22.7 Å². The molecule has 2 aromatic rings. The third kappa shape index (κ3) is 3.15. The Bertz CT molecular complexity index is 604. The van der Waals surface area contributed by atoms with E-state index in [0.29, 0.717) is 23.7 Å². The number of rotatable bonds is 4. The standard InChI is InChI=1S/C11H9Cl2N3O3/c1-6-2-7(15-19-6)5-14-11-9(12)3-8(16(17)18)4-10(11)13/h2-4,14H,5H2,1H3. The van der Waals surface area contributed by atoms with Gasteiger partial charge in [-0.15, -0.1) is 0 Å². The van der Waals surface area contributed by atoms with E-state index in [1.54, 1.807) is 13.0 Å². The van der Waals surface area contributed by atoms with Crippen molar-refractivity contribution < 1.29 is 9.45 Å². The average Bonchev–Trinajstić information content (AvgIpc) is 2.73. The van der Waals surface area contributed by atoms with E-state index in [2.05, 4.69) is 10.5 Å². The molecule has 100 valence electrons. The molecule has 0 amide bonds. The van der Waals surface area contributed by atoms with Gasteiger partial charge in [-0.05, 0) is 6.92 Å². The van der Waals surface area contributed by atoms with Gasteiger partial charge in [-0.3, -0.25) is 10.1 Å². The SMILES string of the molecule is Cc1cc(CNc2c(Cl)cc([N+](=O)[O-])cc2Cl)no1. The predicted octanol–water partition coefficient (Wildman–Crippen LogP) is 3.81. The van der Waals surface area contributed by atoms with Crippen molar-refractivity contribution in [1.29, 1.82) is 0 Å². The van der Waals surface area contributed by atoms with Gasteiger partial charge in [0.15, 0.2) is 0 Å². The van der Waals surface area contributed by atoms with Gasteiger partial charge in [0.05, 0.1) is 27.2 Å². The zero-order chi connectivity index (χ0) is 14.0. The lowest BCUT2D eigenvalue weighted by atomic mass is 10.2. The van der Waals surface area contributed by atoms with Crippen molar-refractivity contribution in [3.63, 3.8) is 0 Å². The molecule has 0 unspecified atom stereocenters. The van der Waals surface area contributed by atoms with Crippen molar-refractivity contribution >= 4 is 34.6 Å². The summed E-state index contributed by atoms with van der Waals surface area (Å²) in [6.07, 6.45) is 0. The Labute approximate surface area is 118 Å². The molecule has 0 atom stereocenters. The van der Waals surface area contributed by atoms with Gasteiger partial charge >= 0.3 is 0 Å². The second-order valence-electron chi connectivity index (χ2n) is 3.82. The molecule has 0 saturated carbocycles. The summed E-state index contributed by atoms with van der Waals surface area (Å²) in [6.45, 7) is 2.14. The fourth-order valence-corrected chi connectivity index (χ4v) is 2.12. The molecule has 0 fully saturated rings. The topological polar surface area (TPSA) is 81.2 Å². The van der Waals surface area contributed by atoms with Gasteiger partial charge in [0.2, 0.25) is 0 Å². The van der Waals surface area contributed by atoms with Gasteiger partial charge in [-0.25, -0.2) is 0 Å². The minimum atomic E-state index is -0.553. The Morgan fingerprint density at radius 3 is 2.47 bits per heavy atom. The van der Waals surface area contributed by atoms with Crippen LogP contribution in [0.4, 0.5) is 11.4 Å². The van der Waals surface area contributed by atoms with Gasteiger partial charge in [-0.1, -0.05) is 28.4 Å². The number of nitro benzene ring substituents is 1. The summed E-state index contributed by atoms with van der Waals surface area (Å²) in [7, 11) is 0. The Morgan fingerprint density at radius 2 is 2.00 bits per heavy atom. The smallest absolute Gasteiger partial charge is 0.272 e. The number of nitrogens with one attached hydrogen (secondary N) is 1. The molecule has 0 bridgehead atoms. The van der Waals surface area contributed by atoms with Crippen molar-refractivity contribution in [3.05, 3.63) is 49.8 Å². The maximum absolute atomic E-state index is 10.6. The van der Waals surface area contributed by atoms with E-state index in [0.717, 1.165) is 0 Å². The molecule has 19 heavy (non-hydrogen) atoms. The first kappa shape index (κ1) is 13.6. The monoisotopic (exact) mass is 301 g/mol. The van der Waals surface area contributed by atoms with Crippen LogP contribution in [0, 0.1) is 17.0 Å². The van der Waals surface area contributed by atoms with E-state index in [1.807, 2.05) is 0 Å². The third-order valence-electron chi connectivity index (χ3n) is 2.36. The minimum absolute atomic E-state index is 0.155. The van der Waals surface area contributed by atoms with Crippen LogP contribution in [-0.4, -0.2) is 10.1 Å². The molecule has 0 radical (unpaired) electrons. The van der Waals surface area contributed by atoms with E-state index >= 15 is 0 Å². The first-order chi connectivity index (χ1) is 8.97. The molecule has 0 saturated heterocycles. The molecule has 0 spiro atoms.